The average molecular weight is 295 g/mol. The lowest BCUT2D eigenvalue weighted by Crippen LogP contribution is -2.54. The van der Waals surface area contributed by atoms with Crippen molar-refractivity contribution in [2.75, 3.05) is 11.4 Å². The third-order valence-corrected chi connectivity index (χ3v) is 7.78. The van der Waals surface area contributed by atoms with Gasteiger partial charge in [0.25, 0.3) is 0 Å². The summed E-state index contributed by atoms with van der Waals surface area (Å²) >= 11 is 0. The topological polar surface area (TPSA) is 3.24 Å². The van der Waals surface area contributed by atoms with E-state index in [-0.39, 0.29) is 0 Å². The molecule has 0 N–H and O–H groups in total. The van der Waals surface area contributed by atoms with Crippen LogP contribution in [0.1, 0.15) is 52.4 Å². The molecule has 4 aliphatic carbocycles. The first-order valence-corrected chi connectivity index (χ1v) is 9.39. The number of nitrogens with zero attached hydrogens (tertiary/aromatic N) is 1. The number of para-hydroxylation sites is 1. The second-order valence-corrected chi connectivity index (χ2v) is 9.45. The van der Waals surface area contributed by atoms with Gasteiger partial charge in [0.2, 0.25) is 0 Å². The smallest absolute Gasteiger partial charge is 0.0370 e. The Balaban J connectivity index is 1.53. The number of benzene rings is 1. The highest BCUT2D eigenvalue weighted by Crippen LogP contribution is 2.67. The van der Waals surface area contributed by atoms with Gasteiger partial charge in [-0.25, -0.2) is 0 Å². The van der Waals surface area contributed by atoms with E-state index in [0.29, 0.717) is 11.0 Å². The van der Waals surface area contributed by atoms with Crippen LogP contribution in [0, 0.1) is 29.1 Å². The molecule has 1 aromatic carbocycles. The van der Waals surface area contributed by atoms with Crippen molar-refractivity contribution in [3.8, 4) is 0 Å². The van der Waals surface area contributed by atoms with E-state index >= 15 is 0 Å². The molecule has 1 aromatic rings. The molecule has 5 fully saturated rings. The normalized spacial score (nSPS) is 44.9. The molecule has 4 saturated carbocycles. The second kappa shape index (κ2) is 4.30. The first-order valence-electron chi connectivity index (χ1n) is 9.39. The lowest BCUT2D eigenvalue weighted by atomic mass is 9.44. The van der Waals surface area contributed by atoms with Gasteiger partial charge in [-0.3, -0.25) is 0 Å². The zero-order chi connectivity index (χ0) is 14.9. The fraction of sp³-hybridized carbons (Fsp3) is 0.714. The van der Waals surface area contributed by atoms with Gasteiger partial charge in [-0.2, -0.15) is 0 Å². The molecule has 1 heterocycles. The summed E-state index contributed by atoms with van der Waals surface area (Å²) in [5.74, 6) is 4.22. The van der Waals surface area contributed by atoms with Gasteiger partial charge < -0.3 is 4.90 Å². The van der Waals surface area contributed by atoms with Gasteiger partial charge in [0.15, 0.2) is 0 Å². The molecule has 1 heteroatoms. The zero-order valence-corrected chi connectivity index (χ0v) is 14.1. The number of rotatable bonds is 1. The van der Waals surface area contributed by atoms with E-state index < -0.39 is 0 Å². The summed E-state index contributed by atoms with van der Waals surface area (Å²) in [7, 11) is 0. The van der Waals surface area contributed by atoms with Crippen molar-refractivity contribution < 1.29 is 0 Å². The number of hydrogen-bond acceptors (Lipinski definition) is 1. The average Bonchev–Trinajstić information content (AvgIpc) is 2.78. The van der Waals surface area contributed by atoms with Crippen molar-refractivity contribution in [2.45, 2.75) is 57.9 Å². The van der Waals surface area contributed by atoms with Gasteiger partial charge in [-0.05, 0) is 93.6 Å². The number of hydrogen-bond donors (Lipinski definition) is 0. The maximum absolute atomic E-state index is 2.75. The van der Waals surface area contributed by atoms with Crippen molar-refractivity contribution in [3.63, 3.8) is 0 Å². The molecule has 1 saturated heterocycles. The lowest BCUT2D eigenvalue weighted by molar-refractivity contribution is -0.0993. The molecule has 0 atom stereocenters. The van der Waals surface area contributed by atoms with E-state index in [1.165, 1.54) is 18.7 Å². The standard InChI is InChI=1S/C21H29N/c1-20(2)13-21(14-22(20)19-6-4-3-5-7-19)17-9-15-8-16(11-17)12-18(21)10-15/h3-7,15-18H,8-14H2,1-2H3. The predicted octanol–water partition coefficient (Wildman–Crippen LogP) is 5.12. The Hall–Kier alpha value is -0.980. The Kier molecular flexibility index (Phi) is 2.63. The maximum Gasteiger partial charge on any atom is 0.0370 e. The van der Waals surface area contributed by atoms with E-state index in [2.05, 4.69) is 49.1 Å². The van der Waals surface area contributed by atoms with Crippen molar-refractivity contribution in [1.82, 2.24) is 0 Å². The molecule has 0 radical (unpaired) electrons. The molecular formula is C21H29N. The summed E-state index contributed by atoms with van der Waals surface area (Å²) in [4.78, 5) is 2.75. The quantitative estimate of drug-likeness (QED) is 0.695. The molecule has 0 aromatic heterocycles. The molecule has 4 bridgehead atoms. The van der Waals surface area contributed by atoms with Crippen LogP contribution in [-0.2, 0) is 0 Å². The molecule has 0 amide bonds. The van der Waals surface area contributed by atoms with Crippen LogP contribution in [0.5, 0.6) is 0 Å². The molecule has 0 unspecified atom stereocenters. The van der Waals surface area contributed by atoms with Gasteiger partial charge in [-0.1, -0.05) is 18.2 Å². The van der Waals surface area contributed by atoms with Crippen LogP contribution < -0.4 is 4.90 Å². The SMILES string of the molecule is CC1(C)CC2(CN1c1ccccc1)C1CC3CC(C1)CC2C3. The molecule has 5 aliphatic rings. The minimum Gasteiger partial charge on any atom is -0.366 e. The molecule has 1 aliphatic heterocycles. The molecule has 22 heavy (non-hydrogen) atoms. The summed E-state index contributed by atoms with van der Waals surface area (Å²) in [6.45, 7) is 6.29. The second-order valence-electron chi connectivity index (χ2n) is 9.45. The lowest BCUT2D eigenvalue weighted by Gasteiger charge is -2.60. The largest absolute Gasteiger partial charge is 0.366 e. The van der Waals surface area contributed by atoms with Crippen molar-refractivity contribution in [3.05, 3.63) is 30.3 Å². The third-order valence-electron chi connectivity index (χ3n) is 7.78. The van der Waals surface area contributed by atoms with Gasteiger partial charge in [0.05, 0.1) is 0 Å². The molecule has 1 nitrogen and oxygen atoms in total. The van der Waals surface area contributed by atoms with Crippen LogP contribution in [0.15, 0.2) is 30.3 Å². The van der Waals surface area contributed by atoms with Crippen LogP contribution in [0.25, 0.3) is 0 Å². The maximum atomic E-state index is 2.75. The number of anilines is 1. The summed E-state index contributed by atoms with van der Waals surface area (Å²) in [6.07, 6.45) is 9.17. The van der Waals surface area contributed by atoms with Gasteiger partial charge in [-0.15, -0.1) is 0 Å². The highest BCUT2D eigenvalue weighted by atomic mass is 15.2. The summed E-state index contributed by atoms with van der Waals surface area (Å²) in [5.41, 5.74) is 2.39. The van der Waals surface area contributed by atoms with E-state index in [0.717, 1.165) is 23.7 Å². The van der Waals surface area contributed by atoms with Crippen LogP contribution in [-0.4, -0.2) is 12.1 Å². The van der Waals surface area contributed by atoms with E-state index in [1.807, 2.05) is 0 Å². The van der Waals surface area contributed by atoms with Crippen LogP contribution in [0.2, 0.25) is 0 Å². The fourth-order valence-corrected chi connectivity index (χ4v) is 7.18. The third kappa shape index (κ3) is 1.71. The fourth-order valence-electron chi connectivity index (χ4n) is 7.18. The molecule has 6 rings (SSSR count). The molecule has 1 spiro atoms. The van der Waals surface area contributed by atoms with Gasteiger partial charge in [0.1, 0.15) is 0 Å². The Morgan fingerprint density at radius 1 is 0.864 bits per heavy atom. The minimum atomic E-state index is 0.316. The van der Waals surface area contributed by atoms with E-state index in [4.69, 9.17) is 0 Å². The Morgan fingerprint density at radius 3 is 2.05 bits per heavy atom. The first-order chi connectivity index (χ1) is 10.6. The Morgan fingerprint density at radius 2 is 1.45 bits per heavy atom. The highest BCUT2D eigenvalue weighted by molar-refractivity contribution is 5.51. The van der Waals surface area contributed by atoms with Crippen molar-refractivity contribution in [1.29, 1.82) is 0 Å². The van der Waals surface area contributed by atoms with Crippen LogP contribution in [0.4, 0.5) is 5.69 Å². The summed E-state index contributed by atoms with van der Waals surface area (Å²) in [6, 6.07) is 11.2. The minimum absolute atomic E-state index is 0.316. The van der Waals surface area contributed by atoms with Crippen LogP contribution >= 0.6 is 0 Å². The monoisotopic (exact) mass is 295 g/mol. The first kappa shape index (κ1) is 13.5. The summed E-state index contributed by atoms with van der Waals surface area (Å²) in [5, 5.41) is 0. The summed E-state index contributed by atoms with van der Waals surface area (Å²) < 4.78 is 0. The van der Waals surface area contributed by atoms with Crippen molar-refractivity contribution >= 4 is 5.69 Å². The molecule has 118 valence electrons. The predicted molar refractivity (Wildman–Crippen MR) is 92.0 cm³/mol. The van der Waals surface area contributed by atoms with Crippen molar-refractivity contribution in [2.24, 2.45) is 29.1 Å². The van der Waals surface area contributed by atoms with Crippen LogP contribution in [0.3, 0.4) is 0 Å². The molecular weight excluding hydrogens is 266 g/mol. The zero-order valence-electron chi connectivity index (χ0n) is 14.1. The Labute approximate surface area is 135 Å². The van der Waals surface area contributed by atoms with Gasteiger partial charge >= 0.3 is 0 Å². The van der Waals surface area contributed by atoms with Gasteiger partial charge in [0, 0.05) is 17.8 Å². The highest BCUT2D eigenvalue weighted by Gasteiger charge is 2.62. The van der Waals surface area contributed by atoms with E-state index in [9.17, 15) is 0 Å². The Bertz CT molecular complexity index is 545. The van der Waals surface area contributed by atoms with E-state index in [1.54, 1.807) is 32.1 Å².